The minimum absolute atomic E-state index is 0.0829. The van der Waals surface area contributed by atoms with Gasteiger partial charge in [0.2, 0.25) is 10.0 Å². The van der Waals surface area contributed by atoms with Crippen LogP contribution in [0, 0.1) is 0 Å². The maximum Gasteiger partial charge on any atom is 0.335 e. The zero-order valence-corrected chi connectivity index (χ0v) is 14.8. The molecule has 0 spiro atoms. The molecule has 0 radical (unpaired) electrons. The van der Waals surface area contributed by atoms with Gasteiger partial charge in [0.1, 0.15) is 12.2 Å². The molecule has 0 aromatic heterocycles. The van der Waals surface area contributed by atoms with E-state index in [2.05, 4.69) is 18.7 Å². The first-order chi connectivity index (χ1) is 11.9. The third-order valence-electron chi connectivity index (χ3n) is 2.91. The number of benzene rings is 2. The molecule has 10 heteroatoms. The fourth-order valence-corrected chi connectivity index (χ4v) is 3.47. The summed E-state index contributed by atoms with van der Waals surface area (Å²) in [5.74, 6) is -1.42. The van der Waals surface area contributed by atoms with Gasteiger partial charge in [0.15, 0.2) is 0 Å². The van der Waals surface area contributed by atoms with E-state index in [1.165, 1.54) is 25.3 Å². The molecule has 0 aliphatic heterocycles. The van der Waals surface area contributed by atoms with Gasteiger partial charge in [-0.1, -0.05) is 30.3 Å². The van der Waals surface area contributed by atoms with Gasteiger partial charge in [-0.05, 0) is 23.8 Å². The van der Waals surface area contributed by atoms with Crippen LogP contribution in [0.1, 0.15) is 15.9 Å². The summed E-state index contributed by atoms with van der Waals surface area (Å²) in [5, 5.41) is 9.17. The Labute approximate surface area is 149 Å². The number of sulfonamides is 1. The summed E-state index contributed by atoms with van der Waals surface area (Å²) in [5.41, 5.74) is 0.989. The molecule has 8 nitrogen and oxygen atoms in total. The van der Waals surface area contributed by atoms with Crippen LogP contribution in [0.3, 0.4) is 0 Å². The van der Waals surface area contributed by atoms with Crippen LogP contribution < -0.4 is 9.44 Å². The Hall–Kier alpha value is -2.27. The molecule has 0 saturated heterocycles. The lowest BCUT2D eigenvalue weighted by atomic mass is 10.2. The second kappa shape index (κ2) is 8.72. The molecule has 2 rings (SSSR count). The highest BCUT2D eigenvalue weighted by Crippen LogP contribution is 2.23. The largest absolute Gasteiger partial charge is 0.478 e. The summed E-state index contributed by atoms with van der Waals surface area (Å²) >= 11 is 0.714. The molecule has 134 valence electrons. The number of aromatic carboxylic acids is 1. The molecular formula is C15H16N2O6S2. The number of carboxylic acid groups (broad SMARTS) is 1. The van der Waals surface area contributed by atoms with E-state index in [-0.39, 0.29) is 17.0 Å². The van der Waals surface area contributed by atoms with Gasteiger partial charge in [0, 0.05) is 5.69 Å². The molecule has 0 fully saturated rings. The van der Waals surface area contributed by atoms with E-state index in [0.717, 1.165) is 0 Å². The van der Waals surface area contributed by atoms with Crippen LogP contribution in [0.15, 0.2) is 48.5 Å². The van der Waals surface area contributed by atoms with E-state index in [9.17, 15) is 18.3 Å². The predicted molar refractivity (Wildman–Crippen MR) is 95.4 cm³/mol. The third-order valence-corrected chi connectivity index (χ3v) is 4.70. The van der Waals surface area contributed by atoms with Gasteiger partial charge in [-0.3, -0.25) is 4.72 Å². The predicted octanol–water partition coefficient (Wildman–Crippen LogP) is 2.88. The summed E-state index contributed by atoms with van der Waals surface area (Å²) in [6, 6.07) is 12.7. The summed E-state index contributed by atoms with van der Waals surface area (Å²) in [7, 11) is -2.39. The van der Waals surface area contributed by atoms with Gasteiger partial charge in [0.05, 0.1) is 24.1 Å². The lowest BCUT2D eigenvalue weighted by Gasteiger charge is -2.11. The number of anilines is 2. The van der Waals surface area contributed by atoms with E-state index in [4.69, 9.17) is 0 Å². The first kappa shape index (κ1) is 19.1. The third kappa shape index (κ3) is 6.27. The minimum Gasteiger partial charge on any atom is -0.478 e. The molecule has 0 aliphatic rings. The normalized spacial score (nSPS) is 11.1. The van der Waals surface area contributed by atoms with E-state index in [0.29, 0.717) is 23.5 Å². The summed E-state index contributed by atoms with van der Waals surface area (Å²) < 4.78 is 34.2. The van der Waals surface area contributed by atoms with E-state index in [1.54, 1.807) is 30.3 Å². The second-order valence-corrected chi connectivity index (χ2v) is 7.10. The van der Waals surface area contributed by atoms with Gasteiger partial charge in [-0.15, -0.1) is 4.33 Å². The highest BCUT2D eigenvalue weighted by molar-refractivity contribution is 7.95. The first-order valence-electron chi connectivity index (χ1n) is 6.95. The molecule has 2 aromatic rings. The molecule has 2 aromatic carbocycles. The quantitative estimate of drug-likeness (QED) is 0.199. The van der Waals surface area contributed by atoms with Crippen molar-refractivity contribution in [1.82, 2.24) is 0 Å². The lowest BCUT2D eigenvalue weighted by Crippen LogP contribution is -2.15. The average Bonchev–Trinajstić information content (AvgIpc) is 2.55. The molecule has 0 heterocycles. The van der Waals surface area contributed by atoms with Crippen LogP contribution in [0.2, 0.25) is 0 Å². The van der Waals surface area contributed by atoms with Crippen LogP contribution >= 0.6 is 12.2 Å². The summed E-state index contributed by atoms with van der Waals surface area (Å²) in [6.07, 6.45) is 0. The van der Waals surface area contributed by atoms with Crippen molar-refractivity contribution >= 4 is 39.6 Å². The van der Waals surface area contributed by atoms with Crippen molar-refractivity contribution in [2.75, 3.05) is 16.6 Å². The maximum absolute atomic E-state index is 12.3. The second-order valence-electron chi connectivity index (χ2n) is 4.87. The van der Waals surface area contributed by atoms with Crippen molar-refractivity contribution in [3.8, 4) is 0 Å². The van der Waals surface area contributed by atoms with Gasteiger partial charge >= 0.3 is 5.97 Å². The Bertz CT molecular complexity index is 827. The van der Waals surface area contributed by atoms with E-state index >= 15 is 0 Å². The van der Waals surface area contributed by atoms with E-state index in [1.807, 2.05) is 0 Å². The average molecular weight is 384 g/mol. The molecule has 0 unspecified atom stereocenters. The molecule has 3 N–H and O–H groups in total. The fourth-order valence-electron chi connectivity index (χ4n) is 1.98. The van der Waals surface area contributed by atoms with Crippen LogP contribution in [0.25, 0.3) is 0 Å². The van der Waals surface area contributed by atoms with Crippen molar-refractivity contribution in [2.45, 2.75) is 5.75 Å². The Morgan fingerprint density at radius 1 is 1.16 bits per heavy atom. The fraction of sp³-hybridized carbons (Fsp3) is 0.133. The van der Waals surface area contributed by atoms with Crippen molar-refractivity contribution < 1.29 is 27.5 Å². The van der Waals surface area contributed by atoms with Crippen molar-refractivity contribution in [2.24, 2.45) is 0 Å². The van der Waals surface area contributed by atoms with Crippen LogP contribution in [0.5, 0.6) is 0 Å². The Morgan fingerprint density at radius 2 is 1.84 bits per heavy atom. The van der Waals surface area contributed by atoms with Gasteiger partial charge in [0.25, 0.3) is 0 Å². The van der Waals surface area contributed by atoms with E-state index < -0.39 is 16.0 Å². The molecule has 0 amide bonds. The molecule has 25 heavy (non-hydrogen) atoms. The molecule has 0 atom stereocenters. The number of hydrogen-bond acceptors (Lipinski definition) is 7. The minimum atomic E-state index is -3.71. The number of hydrogen-bond donors (Lipinski definition) is 3. The van der Waals surface area contributed by atoms with Crippen molar-refractivity contribution in [3.63, 3.8) is 0 Å². The summed E-state index contributed by atoms with van der Waals surface area (Å²) in [4.78, 5) is 15.6. The molecule has 0 aliphatic carbocycles. The first-order valence-corrected chi connectivity index (χ1v) is 9.34. The highest BCUT2D eigenvalue weighted by Gasteiger charge is 2.14. The molecular weight excluding hydrogens is 368 g/mol. The van der Waals surface area contributed by atoms with Crippen molar-refractivity contribution in [3.05, 3.63) is 59.7 Å². The van der Waals surface area contributed by atoms with Crippen LogP contribution in [0.4, 0.5) is 11.4 Å². The van der Waals surface area contributed by atoms with Crippen LogP contribution in [-0.4, -0.2) is 26.6 Å². The smallest absolute Gasteiger partial charge is 0.335 e. The number of nitrogens with one attached hydrogen (secondary N) is 2. The number of carbonyl (C=O) groups is 1. The molecule has 0 bridgehead atoms. The van der Waals surface area contributed by atoms with Gasteiger partial charge in [-0.25, -0.2) is 18.1 Å². The summed E-state index contributed by atoms with van der Waals surface area (Å²) in [6.45, 7) is 0. The zero-order chi connectivity index (χ0) is 18.3. The molecule has 0 saturated carbocycles. The topological polar surface area (TPSA) is 114 Å². The number of carboxylic acids is 1. The van der Waals surface area contributed by atoms with Gasteiger partial charge < -0.3 is 9.83 Å². The Kier molecular flexibility index (Phi) is 6.65. The highest BCUT2D eigenvalue weighted by atomic mass is 32.2. The zero-order valence-electron chi connectivity index (χ0n) is 13.1. The number of rotatable bonds is 9. The standard InChI is InChI=1S/C15H16N2O6S2/c1-22-23-24-16-13-7-12(15(18)19)8-14(9-13)17-25(20,21)10-11-5-3-2-4-6-11/h2-9,16-17H,10H2,1H3,(H,18,19). The monoisotopic (exact) mass is 384 g/mol. The SMILES string of the molecule is COOSNc1cc(NS(=O)(=O)Cc2ccccc2)cc(C(=O)O)c1. The lowest BCUT2D eigenvalue weighted by molar-refractivity contribution is -0.159. The van der Waals surface area contributed by atoms with Crippen molar-refractivity contribution in [1.29, 1.82) is 0 Å². The maximum atomic E-state index is 12.3. The van der Waals surface area contributed by atoms with Gasteiger partial charge in [-0.2, -0.15) is 0 Å². The Morgan fingerprint density at radius 3 is 2.48 bits per heavy atom. The van der Waals surface area contributed by atoms with Crippen LogP contribution in [-0.2, 0) is 25.0 Å². The Balaban J connectivity index is 2.20.